The third kappa shape index (κ3) is 5.03. The van der Waals surface area contributed by atoms with Crippen LogP contribution in [0.2, 0.25) is 5.02 Å². The van der Waals surface area contributed by atoms with Gasteiger partial charge in [-0.2, -0.15) is 0 Å². The molecule has 1 amide bonds. The first-order chi connectivity index (χ1) is 14.4. The lowest BCUT2D eigenvalue weighted by Crippen LogP contribution is -2.38. The molecule has 2 heterocycles. The van der Waals surface area contributed by atoms with Crippen molar-refractivity contribution in [2.75, 3.05) is 50.7 Å². The molecule has 2 aromatic rings. The number of methoxy groups -OCH3 is 2. The fourth-order valence-corrected chi connectivity index (χ4v) is 3.46. The number of nitrogens with zero attached hydrogens (tertiary/aromatic N) is 2. The van der Waals surface area contributed by atoms with Crippen molar-refractivity contribution in [1.29, 1.82) is 0 Å². The van der Waals surface area contributed by atoms with E-state index >= 15 is 0 Å². The van der Waals surface area contributed by atoms with Crippen LogP contribution in [0.5, 0.6) is 11.5 Å². The van der Waals surface area contributed by atoms with Crippen molar-refractivity contribution in [3.63, 3.8) is 0 Å². The Hall–Kier alpha value is -2.78. The van der Waals surface area contributed by atoms with E-state index in [4.69, 9.17) is 25.8 Å². The summed E-state index contributed by atoms with van der Waals surface area (Å²) in [5, 5.41) is 3.15. The molecule has 1 aromatic heterocycles. The maximum Gasteiger partial charge on any atom is 0.255 e. The molecule has 1 saturated heterocycles. The van der Waals surface area contributed by atoms with Crippen LogP contribution in [0.1, 0.15) is 17.7 Å². The van der Waals surface area contributed by atoms with Gasteiger partial charge >= 0.3 is 0 Å². The van der Waals surface area contributed by atoms with Gasteiger partial charge in [0.05, 0.1) is 38.1 Å². The number of carbonyl (C=O) groups excluding carboxylic acids is 1. The van der Waals surface area contributed by atoms with Gasteiger partial charge in [0.1, 0.15) is 11.5 Å². The first-order valence-corrected chi connectivity index (χ1v) is 9.94. The van der Waals surface area contributed by atoms with Crippen molar-refractivity contribution in [3.8, 4) is 11.5 Å². The van der Waals surface area contributed by atoms with Crippen LogP contribution in [-0.2, 0) is 16.0 Å². The van der Waals surface area contributed by atoms with E-state index in [1.165, 1.54) is 14.2 Å². The molecule has 30 heavy (non-hydrogen) atoms. The van der Waals surface area contributed by atoms with E-state index in [0.29, 0.717) is 65.7 Å². The van der Waals surface area contributed by atoms with Crippen LogP contribution in [0.3, 0.4) is 0 Å². The molecular formula is C20H25ClN4O5. The molecule has 0 aliphatic carbocycles. The third-order valence-corrected chi connectivity index (χ3v) is 5.17. The molecule has 0 bridgehead atoms. The first-order valence-electron chi connectivity index (χ1n) is 9.56. The van der Waals surface area contributed by atoms with Gasteiger partial charge in [-0.3, -0.25) is 14.6 Å². The maximum atomic E-state index is 12.6. The summed E-state index contributed by atoms with van der Waals surface area (Å²) in [4.78, 5) is 34.4. The van der Waals surface area contributed by atoms with Crippen molar-refractivity contribution < 1.29 is 19.0 Å². The average Bonchev–Trinajstić information content (AvgIpc) is 2.74. The summed E-state index contributed by atoms with van der Waals surface area (Å²) in [6, 6.07) is 3.16. The van der Waals surface area contributed by atoms with Gasteiger partial charge in [-0.05, 0) is 13.3 Å². The zero-order valence-electron chi connectivity index (χ0n) is 17.2. The van der Waals surface area contributed by atoms with E-state index in [2.05, 4.69) is 15.3 Å². The van der Waals surface area contributed by atoms with Gasteiger partial charge in [0.25, 0.3) is 5.56 Å². The van der Waals surface area contributed by atoms with E-state index in [9.17, 15) is 9.59 Å². The summed E-state index contributed by atoms with van der Waals surface area (Å²) >= 11 is 6.09. The van der Waals surface area contributed by atoms with Gasteiger partial charge in [-0.15, -0.1) is 0 Å². The summed E-state index contributed by atoms with van der Waals surface area (Å²) in [5.41, 5.74) is 1.30. The molecule has 0 radical (unpaired) electrons. The Morgan fingerprint density at radius 3 is 2.60 bits per heavy atom. The summed E-state index contributed by atoms with van der Waals surface area (Å²) in [6.45, 7) is 4.33. The highest BCUT2D eigenvalue weighted by atomic mass is 35.5. The number of carbonyl (C=O) groups is 1. The van der Waals surface area contributed by atoms with Gasteiger partial charge in [0.15, 0.2) is 0 Å². The first kappa shape index (κ1) is 21.9. The molecule has 0 saturated carbocycles. The highest BCUT2D eigenvalue weighted by molar-refractivity contribution is 6.32. The number of nitrogens with one attached hydrogen (secondary N) is 2. The van der Waals surface area contributed by atoms with Crippen molar-refractivity contribution in [1.82, 2.24) is 9.97 Å². The van der Waals surface area contributed by atoms with Crippen LogP contribution in [0.15, 0.2) is 16.9 Å². The summed E-state index contributed by atoms with van der Waals surface area (Å²) in [5.74, 6) is 1.10. The molecule has 2 N–H and O–H groups in total. The van der Waals surface area contributed by atoms with Crippen LogP contribution in [0, 0.1) is 6.92 Å². The van der Waals surface area contributed by atoms with Crippen LogP contribution in [0.4, 0.5) is 11.6 Å². The van der Waals surface area contributed by atoms with Crippen molar-refractivity contribution >= 4 is 29.1 Å². The van der Waals surface area contributed by atoms with E-state index in [1.54, 1.807) is 19.1 Å². The number of aromatic amines is 1. The standard InChI is InChI=1S/C20H25ClN4O5/c1-12-13(19(27)24-20(22-12)25-6-8-30-9-7-25)4-5-18(26)23-15-11-16(28-2)14(21)10-17(15)29-3/h10-11H,4-9H2,1-3H3,(H,23,26)(H,22,24,27). The fraction of sp³-hybridized carbons (Fsp3) is 0.450. The van der Waals surface area contributed by atoms with Crippen molar-refractivity contribution in [2.45, 2.75) is 19.8 Å². The molecule has 0 spiro atoms. The normalized spacial score (nSPS) is 13.8. The van der Waals surface area contributed by atoms with Crippen LogP contribution in [0.25, 0.3) is 0 Å². The van der Waals surface area contributed by atoms with E-state index in [-0.39, 0.29) is 24.3 Å². The summed E-state index contributed by atoms with van der Waals surface area (Å²) in [7, 11) is 2.97. The Bertz CT molecular complexity index is 972. The number of hydrogen-bond acceptors (Lipinski definition) is 7. The molecule has 1 aliphatic rings. The molecule has 1 aliphatic heterocycles. The third-order valence-electron chi connectivity index (χ3n) is 4.87. The van der Waals surface area contributed by atoms with Crippen LogP contribution in [-0.4, -0.2) is 56.4 Å². The van der Waals surface area contributed by atoms with E-state index in [1.807, 2.05) is 4.90 Å². The molecule has 10 heteroatoms. The Balaban J connectivity index is 1.68. The molecule has 162 valence electrons. The Labute approximate surface area is 179 Å². The van der Waals surface area contributed by atoms with Gasteiger partial charge in [0.2, 0.25) is 11.9 Å². The predicted octanol–water partition coefficient (Wildman–Crippen LogP) is 2.16. The van der Waals surface area contributed by atoms with Gasteiger partial charge in [-0.25, -0.2) is 4.98 Å². The zero-order valence-corrected chi connectivity index (χ0v) is 18.0. The molecule has 1 fully saturated rings. The number of anilines is 2. The minimum atomic E-state index is -0.270. The lowest BCUT2D eigenvalue weighted by molar-refractivity contribution is -0.116. The second-order valence-corrected chi connectivity index (χ2v) is 7.20. The molecule has 1 aromatic carbocycles. The second-order valence-electron chi connectivity index (χ2n) is 6.79. The quantitative estimate of drug-likeness (QED) is 0.685. The lowest BCUT2D eigenvalue weighted by atomic mass is 10.1. The highest BCUT2D eigenvalue weighted by Crippen LogP contribution is 2.35. The molecule has 9 nitrogen and oxygen atoms in total. The highest BCUT2D eigenvalue weighted by Gasteiger charge is 2.17. The van der Waals surface area contributed by atoms with E-state index < -0.39 is 0 Å². The van der Waals surface area contributed by atoms with Crippen molar-refractivity contribution in [3.05, 3.63) is 38.8 Å². The lowest BCUT2D eigenvalue weighted by Gasteiger charge is -2.27. The zero-order chi connectivity index (χ0) is 21.7. The number of hydrogen-bond donors (Lipinski definition) is 2. The summed E-state index contributed by atoms with van der Waals surface area (Å²) in [6.07, 6.45) is 0.368. The minimum absolute atomic E-state index is 0.108. The van der Waals surface area contributed by atoms with Crippen LogP contribution >= 0.6 is 11.6 Å². The monoisotopic (exact) mass is 436 g/mol. The topological polar surface area (TPSA) is 106 Å². The summed E-state index contributed by atoms with van der Waals surface area (Å²) < 4.78 is 15.8. The number of ether oxygens (including phenoxy) is 3. The minimum Gasteiger partial charge on any atom is -0.495 e. The number of amides is 1. The second kappa shape index (κ2) is 9.82. The molecule has 0 atom stereocenters. The number of aromatic nitrogens is 2. The Morgan fingerprint density at radius 2 is 1.97 bits per heavy atom. The number of halogens is 1. The Morgan fingerprint density at radius 1 is 1.27 bits per heavy atom. The number of rotatable bonds is 7. The predicted molar refractivity (Wildman–Crippen MR) is 114 cm³/mol. The SMILES string of the molecule is COc1cc(NC(=O)CCc2c(C)nc(N3CCOCC3)[nH]c2=O)c(OC)cc1Cl. The van der Waals surface area contributed by atoms with E-state index in [0.717, 1.165) is 0 Å². The maximum absolute atomic E-state index is 12.6. The van der Waals surface area contributed by atoms with Gasteiger partial charge < -0.3 is 24.4 Å². The van der Waals surface area contributed by atoms with Gasteiger partial charge in [0, 0.05) is 42.9 Å². The fourth-order valence-electron chi connectivity index (χ4n) is 3.22. The van der Waals surface area contributed by atoms with Gasteiger partial charge in [-0.1, -0.05) is 11.6 Å². The molecule has 0 unspecified atom stereocenters. The average molecular weight is 437 g/mol. The molecular weight excluding hydrogens is 412 g/mol. The molecule has 3 rings (SSSR count). The number of morpholine rings is 1. The number of aryl methyl sites for hydroxylation is 1. The largest absolute Gasteiger partial charge is 0.495 e. The van der Waals surface area contributed by atoms with Crippen LogP contribution < -0.4 is 25.2 Å². The Kier molecular flexibility index (Phi) is 7.17. The number of H-pyrrole nitrogens is 1. The smallest absolute Gasteiger partial charge is 0.255 e. The van der Waals surface area contributed by atoms with Crippen molar-refractivity contribution in [2.24, 2.45) is 0 Å². The number of benzene rings is 1.